The summed E-state index contributed by atoms with van der Waals surface area (Å²) < 4.78 is 2.18. The first-order chi connectivity index (χ1) is 11.8. The largest absolute Gasteiger partial charge is 0.339 e. The summed E-state index contributed by atoms with van der Waals surface area (Å²) in [6.07, 6.45) is 7.47. The lowest BCUT2D eigenvalue weighted by Crippen LogP contribution is -2.33. The molecule has 24 heavy (non-hydrogen) atoms. The van der Waals surface area contributed by atoms with Gasteiger partial charge >= 0.3 is 0 Å². The molecule has 0 bridgehead atoms. The van der Waals surface area contributed by atoms with Gasteiger partial charge in [-0.25, -0.2) is 4.98 Å². The van der Waals surface area contributed by atoms with Crippen LogP contribution < -0.4 is 0 Å². The molecular formula is C19H26N4O. The van der Waals surface area contributed by atoms with E-state index in [4.69, 9.17) is 0 Å². The summed E-state index contributed by atoms with van der Waals surface area (Å²) in [5.74, 6) is 0.243. The first kappa shape index (κ1) is 16.7. The van der Waals surface area contributed by atoms with Crippen molar-refractivity contribution < 1.29 is 4.79 Å². The van der Waals surface area contributed by atoms with Gasteiger partial charge in [-0.15, -0.1) is 0 Å². The maximum Gasteiger partial charge on any atom is 0.224 e. The monoisotopic (exact) mass is 326 g/mol. The Labute approximate surface area is 143 Å². The normalized spacial score (nSPS) is 18.0. The van der Waals surface area contributed by atoms with Crippen molar-refractivity contribution in [3.63, 3.8) is 0 Å². The number of imidazole rings is 1. The van der Waals surface area contributed by atoms with Gasteiger partial charge in [0.1, 0.15) is 0 Å². The SMILES string of the molecule is CCN(Cc1ccccc1)C(=O)CCN1CC[C@@H](n2ccnc2)C1. The molecule has 5 heteroatoms. The number of carbonyl (C=O) groups is 1. The van der Waals surface area contributed by atoms with Gasteiger partial charge in [-0.2, -0.15) is 0 Å². The van der Waals surface area contributed by atoms with E-state index in [-0.39, 0.29) is 5.91 Å². The van der Waals surface area contributed by atoms with Gasteiger partial charge < -0.3 is 14.4 Å². The van der Waals surface area contributed by atoms with Crippen LogP contribution >= 0.6 is 0 Å². The van der Waals surface area contributed by atoms with Crippen molar-refractivity contribution in [3.05, 3.63) is 54.6 Å². The van der Waals surface area contributed by atoms with Gasteiger partial charge in [-0.05, 0) is 18.9 Å². The van der Waals surface area contributed by atoms with Gasteiger partial charge in [-0.1, -0.05) is 30.3 Å². The lowest BCUT2D eigenvalue weighted by molar-refractivity contribution is -0.131. The molecule has 1 fully saturated rings. The molecule has 0 aliphatic carbocycles. The average Bonchev–Trinajstić information content (AvgIpc) is 3.29. The minimum Gasteiger partial charge on any atom is -0.339 e. The highest BCUT2D eigenvalue weighted by Crippen LogP contribution is 2.21. The lowest BCUT2D eigenvalue weighted by atomic mass is 10.2. The van der Waals surface area contributed by atoms with Crippen LogP contribution in [0.15, 0.2) is 49.1 Å². The number of likely N-dealkylation sites (tertiary alicyclic amines) is 1. The Morgan fingerprint density at radius 1 is 1.33 bits per heavy atom. The van der Waals surface area contributed by atoms with Gasteiger partial charge in [0.05, 0.1) is 6.33 Å². The minimum absolute atomic E-state index is 0.243. The number of carbonyl (C=O) groups excluding carboxylic acids is 1. The zero-order valence-electron chi connectivity index (χ0n) is 14.3. The first-order valence-corrected chi connectivity index (χ1v) is 8.77. The Kier molecular flexibility index (Phi) is 5.64. The fraction of sp³-hybridized carbons (Fsp3) is 0.474. The molecule has 0 spiro atoms. The first-order valence-electron chi connectivity index (χ1n) is 8.77. The van der Waals surface area contributed by atoms with Crippen LogP contribution in [0.2, 0.25) is 0 Å². The van der Waals surface area contributed by atoms with E-state index in [1.54, 1.807) is 0 Å². The molecule has 1 atom stereocenters. The molecule has 1 aromatic heterocycles. The van der Waals surface area contributed by atoms with E-state index in [1.807, 2.05) is 48.7 Å². The molecule has 2 aromatic rings. The Hall–Kier alpha value is -2.14. The Morgan fingerprint density at radius 3 is 2.88 bits per heavy atom. The second kappa shape index (κ2) is 8.11. The predicted octanol–water partition coefficient (Wildman–Crippen LogP) is 2.57. The van der Waals surface area contributed by atoms with E-state index in [2.05, 4.69) is 26.6 Å². The van der Waals surface area contributed by atoms with E-state index in [1.165, 1.54) is 5.56 Å². The van der Waals surface area contributed by atoms with Crippen molar-refractivity contribution in [3.8, 4) is 0 Å². The molecule has 1 aromatic carbocycles. The quantitative estimate of drug-likeness (QED) is 0.785. The fourth-order valence-corrected chi connectivity index (χ4v) is 3.34. The fourth-order valence-electron chi connectivity index (χ4n) is 3.34. The van der Waals surface area contributed by atoms with Crippen molar-refractivity contribution in [2.75, 3.05) is 26.2 Å². The summed E-state index contributed by atoms with van der Waals surface area (Å²) in [7, 11) is 0. The van der Waals surface area contributed by atoms with Crippen molar-refractivity contribution in [2.45, 2.75) is 32.4 Å². The van der Waals surface area contributed by atoms with E-state index in [0.29, 0.717) is 19.0 Å². The maximum absolute atomic E-state index is 12.5. The number of hydrogen-bond donors (Lipinski definition) is 0. The molecule has 128 valence electrons. The Balaban J connectivity index is 1.46. The van der Waals surface area contributed by atoms with Crippen molar-refractivity contribution in [1.29, 1.82) is 0 Å². The summed E-state index contributed by atoms with van der Waals surface area (Å²) in [4.78, 5) is 21.0. The number of aromatic nitrogens is 2. The number of rotatable bonds is 7. The molecule has 1 aliphatic heterocycles. The third-order valence-corrected chi connectivity index (χ3v) is 4.79. The highest BCUT2D eigenvalue weighted by atomic mass is 16.2. The molecule has 0 N–H and O–H groups in total. The van der Waals surface area contributed by atoms with Crippen LogP contribution in [0.3, 0.4) is 0 Å². The van der Waals surface area contributed by atoms with Crippen molar-refractivity contribution in [2.24, 2.45) is 0 Å². The molecule has 1 saturated heterocycles. The van der Waals surface area contributed by atoms with Crippen LogP contribution in [0.5, 0.6) is 0 Å². The van der Waals surface area contributed by atoms with Crippen molar-refractivity contribution in [1.82, 2.24) is 19.4 Å². The highest BCUT2D eigenvalue weighted by molar-refractivity contribution is 5.76. The van der Waals surface area contributed by atoms with Gasteiger partial charge in [0, 0.05) is 57.6 Å². The summed E-state index contributed by atoms with van der Waals surface area (Å²) in [6.45, 7) is 6.41. The van der Waals surface area contributed by atoms with Gasteiger partial charge in [0.2, 0.25) is 5.91 Å². The van der Waals surface area contributed by atoms with Crippen LogP contribution in [0.4, 0.5) is 0 Å². The number of amides is 1. The lowest BCUT2D eigenvalue weighted by Gasteiger charge is -2.23. The number of benzene rings is 1. The standard InChI is InChI=1S/C19H26N4O/c1-2-22(14-17-6-4-3-5-7-17)19(24)9-12-21-11-8-18(15-21)23-13-10-20-16-23/h3-7,10,13,16,18H,2,8-9,11-12,14-15H2,1H3/t18-/m1/s1. The number of hydrogen-bond acceptors (Lipinski definition) is 3. The summed E-state index contributed by atoms with van der Waals surface area (Å²) in [5.41, 5.74) is 1.19. The van der Waals surface area contributed by atoms with Crippen LogP contribution in [0.1, 0.15) is 31.4 Å². The van der Waals surface area contributed by atoms with Crippen LogP contribution in [0, 0.1) is 0 Å². The van der Waals surface area contributed by atoms with E-state index >= 15 is 0 Å². The molecule has 1 amide bonds. The Morgan fingerprint density at radius 2 is 2.17 bits per heavy atom. The molecule has 0 unspecified atom stereocenters. The zero-order chi connectivity index (χ0) is 16.8. The predicted molar refractivity (Wildman–Crippen MR) is 94.5 cm³/mol. The zero-order valence-corrected chi connectivity index (χ0v) is 14.3. The van der Waals surface area contributed by atoms with E-state index in [0.717, 1.165) is 32.6 Å². The van der Waals surface area contributed by atoms with Crippen LogP contribution in [-0.4, -0.2) is 51.4 Å². The van der Waals surface area contributed by atoms with Gasteiger partial charge in [-0.3, -0.25) is 4.79 Å². The summed E-state index contributed by atoms with van der Waals surface area (Å²) in [6, 6.07) is 10.7. The molecule has 2 heterocycles. The topological polar surface area (TPSA) is 41.4 Å². The molecule has 0 saturated carbocycles. The minimum atomic E-state index is 0.243. The number of nitrogens with zero attached hydrogens (tertiary/aromatic N) is 4. The highest BCUT2D eigenvalue weighted by Gasteiger charge is 2.24. The van der Waals surface area contributed by atoms with Crippen LogP contribution in [-0.2, 0) is 11.3 Å². The van der Waals surface area contributed by atoms with Gasteiger partial charge in [0.15, 0.2) is 0 Å². The summed E-state index contributed by atoms with van der Waals surface area (Å²) in [5, 5.41) is 0. The summed E-state index contributed by atoms with van der Waals surface area (Å²) >= 11 is 0. The van der Waals surface area contributed by atoms with Crippen molar-refractivity contribution >= 4 is 5.91 Å². The molecule has 1 aliphatic rings. The average molecular weight is 326 g/mol. The maximum atomic E-state index is 12.5. The van der Waals surface area contributed by atoms with Crippen LogP contribution in [0.25, 0.3) is 0 Å². The molecule has 5 nitrogen and oxygen atoms in total. The van der Waals surface area contributed by atoms with E-state index in [9.17, 15) is 4.79 Å². The second-order valence-corrected chi connectivity index (χ2v) is 6.40. The molecule has 0 radical (unpaired) electrons. The third kappa shape index (κ3) is 4.23. The van der Waals surface area contributed by atoms with E-state index < -0.39 is 0 Å². The Bertz CT molecular complexity index is 626. The third-order valence-electron chi connectivity index (χ3n) is 4.79. The smallest absolute Gasteiger partial charge is 0.224 e. The second-order valence-electron chi connectivity index (χ2n) is 6.40. The molecule has 3 rings (SSSR count). The molecular weight excluding hydrogens is 300 g/mol. The van der Waals surface area contributed by atoms with Gasteiger partial charge in [0.25, 0.3) is 0 Å².